The van der Waals surface area contributed by atoms with Gasteiger partial charge in [0.05, 0.1) is 17.1 Å². The molecular formula is C19H21N3O. The molecule has 0 aliphatic rings. The number of nitrogens with zero attached hydrogens (tertiary/aromatic N) is 1. The van der Waals surface area contributed by atoms with Gasteiger partial charge >= 0.3 is 0 Å². The third-order valence-electron chi connectivity index (χ3n) is 4.18. The Hall–Kier alpha value is -2.62. The summed E-state index contributed by atoms with van der Waals surface area (Å²) in [5, 5.41) is 3.00. The minimum Gasteiger partial charge on any atom is -0.342 e. The maximum absolute atomic E-state index is 12.4. The predicted octanol–water partition coefficient (Wildman–Crippen LogP) is 3.98. The molecule has 0 saturated carbocycles. The fraction of sp³-hybridized carbons (Fsp3) is 0.263. The van der Waals surface area contributed by atoms with Gasteiger partial charge in [0.25, 0.3) is 5.91 Å². The molecule has 0 spiro atoms. The number of carbonyl (C=O) groups excluding carboxylic acids is 1. The third kappa shape index (κ3) is 3.11. The van der Waals surface area contributed by atoms with Crippen LogP contribution in [0.5, 0.6) is 0 Å². The summed E-state index contributed by atoms with van der Waals surface area (Å²) in [7, 11) is 0. The summed E-state index contributed by atoms with van der Waals surface area (Å²) in [4.78, 5) is 20.3. The van der Waals surface area contributed by atoms with E-state index in [1.54, 1.807) is 0 Å². The number of benzene rings is 2. The molecule has 0 radical (unpaired) electrons. The molecule has 0 aliphatic heterocycles. The normalized spacial score (nSPS) is 12.3. The monoisotopic (exact) mass is 307 g/mol. The van der Waals surface area contributed by atoms with Gasteiger partial charge in [-0.05, 0) is 68.7 Å². The largest absolute Gasteiger partial charge is 0.342 e. The van der Waals surface area contributed by atoms with Crippen molar-refractivity contribution in [2.75, 3.05) is 0 Å². The summed E-state index contributed by atoms with van der Waals surface area (Å²) in [6, 6.07) is 11.6. The van der Waals surface area contributed by atoms with E-state index in [1.807, 2.05) is 58.0 Å². The Morgan fingerprint density at radius 2 is 1.87 bits per heavy atom. The van der Waals surface area contributed by atoms with Crippen LogP contribution in [0, 0.1) is 20.8 Å². The van der Waals surface area contributed by atoms with Crippen LogP contribution in [0.3, 0.4) is 0 Å². The SMILES string of the molecule is Cc1ccc2nc(C(C)NC(=O)c3ccc(C)c(C)c3)[nH]c2c1. The van der Waals surface area contributed by atoms with Crippen LogP contribution in [0.2, 0.25) is 0 Å². The molecule has 0 aliphatic carbocycles. The Bertz CT molecular complexity index is 879. The summed E-state index contributed by atoms with van der Waals surface area (Å²) in [5.74, 6) is 0.681. The maximum Gasteiger partial charge on any atom is 0.251 e. The van der Waals surface area contributed by atoms with Crippen molar-refractivity contribution in [2.45, 2.75) is 33.7 Å². The number of carbonyl (C=O) groups is 1. The molecule has 2 aromatic carbocycles. The second kappa shape index (κ2) is 5.88. The van der Waals surface area contributed by atoms with Crippen LogP contribution in [-0.4, -0.2) is 15.9 Å². The molecule has 4 heteroatoms. The number of hydrogen-bond donors (Lipinski definition) is 2. The van der Waals surface area contributed by atoms with Crippen LogP contribution in [0.25, 0.3) is 11.0 Å². The fourth-order valence-corrected chi connectivity index (χ4v) is 2.58. The van der Waals surface area contributed by atoms with Gasteiger partial charge in [-0.3, -0.25) is 4.79 Å². The van der Waals surface area contributed by atoms with Crippen LogP contribution < -0.4 is 5.32 Å². The quantitative estimate of drug-likeness (QED) is 0.769. The number of nitrogens with one attached hydrogen (secondary N) is 2. The van der Waals surface area contributed by atoms with Crippen LogP contribution in [0.1, 0.15) is 45.8 Å². The Kier molecular flexibility index (Phi) is 3.90. The first kappa shape index (κ1) is 15.3. The molecule has 1 heterocycles. The topological polar surface area (TPSA) is 57.8 Å². The van der Waals surface area contributed by atoms with E-state index in [4.69, 9.17) is 0 Å². The molecule has 3 aromatic rings. The number of amides is 1. The van der Waals surface area contributed by atoms with E-state index in [0.717, 1.165) is 22.4 Å². The Labute approximate surface area is 136 Å². The predicted molar refractivity (Wildman–Crippen MR) is 92.6 cm³/mol. The average molecular weight is 307 g/mol. The summed E-state index contributed by atoms with van der Waals surface area (Å²) >= 11 is 0. The van der Waals surface area contributed by atoms with E-state index in [-0.39, 0.29) is 11.9 Å². The lowest BCUT2D eigenvalue weighted by Gasteiger charge is -2.12. The molecule has 1 amide bonds. The highest BCUT2D eigenvalue weighted by atomic mass is 16.1. The number of rotatable bonds is 3. The smallest absolute Gasteiger partial charge is 0.251 e. The van der Waals surface area contributed by atoms with E-state index < -0.39 is 0 Å². The lowest BCUT2D eigenvalue weighted by atomic mass is 10.1. The highest BCUT2D eigenvalue weighted by Gasteiger charge is 2.15. The van der Waals surface area contributed by atoms with Gasteiger partial charge in [0.15, 0.2) is 0 Å². The Morgan fingerprint density at radius 3 is 2.61 bits per heavy atom. The Morgan fingerprint density at radius 1 is 1.09 bits per heavy atom. The molecule has 0 fully saturated rings. The number of aromatic amines is 1. The Balaban J connectivity index is 1.80. The van der Waals surface area contributed by atoms with Crippen molar-refractivity contribution in [3.8, 4) is 0 Å². The first-order valence-electron chi connectivity index (χ1n) is 7.78. The number of hydrogen-bond acceptors (Lipinski definition) is 2. The van der Waals surface area contributed by atoms with Gasteiger partial charge in [-0.2, -0.15) is 0 Å². The van der Waals surface area contributed by atoms with E-state index in [0.29, 0.717) is 5.56 Å². The van der Waals surface area contributed by atoms with Gasteiger partial charge in [0, 0.05) is 5.56 Å². The van der Waals surface area contributed by atoms with Crippen LogP contribution in [0.15, 0.2) is 36.4 Å². The van der Waals surface area contributed by atoms with Gasteiger partial charge < -0.3 is 10.3 Å². The molecule has 4 nitrogen and oxygen atoms in total. The molecule has 23 heavy (non-hydrogen) atoms. The maximum atomic E-state index is 12.4. The summed E-state index contributed by atoms with van der Waals surface area (Å²) in [6.45, 7) is 8.03. The van der Waals surface area contributed by atoms with Gasteiger partial charge in [-0.25, -0.2) is 4.98 Å². The van der Waals surface area contributed by atoms with Gasteiger partial charge in [0.2, 0.25) is 0 Å². The fourth-order valence-electron chi connectivity index (χ4n) is 2.58. The van der Waals surface area contributed by atoms with Crippen molar-refractivity contribution >= 4 is 16.9 Å². The molecule has 0 saturated heterocycles. The summed E-state index contributed by atoms with van der Waals surface area (Å²) < 4.78 is 0. The number of H-pyrrole nitrogens is 1. The molecule has 2 N–H and O–H groups in total. The van der Waals surface area contributed by atoms with Crippen LogP contribution >= 0.6 is 0 Å². The van der Waals surface area contributed by atoms with Crippen molar-refractivity contribution in [3.05, 3.63) is 64.5 Å². The first-order valence-corrected chi connectivity index (χ1v) is 7.78. The molecule has 1 atom stereocenters. The van der Waals surface area contributed by atoms with Gasteiger partial charge in [0.1, 0.15) is 5.82 Å². The molecule has 1 unspecified atom stereocenters. The third-order valence-corrected chi connectivity index (χ3v) is 4.18. The number of aryl methyl sites for hydroxylation is 3. The van der Waals surface area contributed by atoms with Crippen molar-refractivity contribution in [1.29, 1.82) is 0 Å². The lowest BCUT2D eigenvalue weighted by molar-refractivity contribution is 0.0938. The highest BCUT2D eigenvalue weighted by molar-refractivity contribution is 5.94. The van der Waals surface area contributed by atoms with Crippen molar-refractivity contribution < 1.29 is 4.79 Å². The zero-order chi connectivity index (χ0) is 16.6. The zero-order valence-corrected chi connectivity index (χ0v) is 13.9. The van der Waals surface area contributed by atoms with E-state index in [2.05, 4.69) is 21.4 Å². The van der Waals surface area contributed by atoms with E-state index in [1.165, 1.54) is 11.1 Å². The second-order valence-corrected chi connectivity index (χ2v) is 6.14. The number of aromatic nitrogens is 2. The minimum absolute atomic E-state index is 0.0859. The van der Waals surface area contributed by atoms with Crippen molar-refractivity contribution in [2.24, 2.45) is 0 Å². The van der Waals surface area contributed by atoms with E-state index in [9.17, 15) is 4.79 Å². The molecule has 3 rings (SSSR count). The number of fused-ring (bicyclic) bond motifs is 1. The first-order chi connectivity index (χ1) is 10.9. The molecule has 1 aromatic heterocycles. The molecule has 0 bridgehead atoms. The standard InChI is InChI=1S/C19H21N3O/c1-11-5-8-16-17(9-11)22-18(21-16)14(4)20-19(23)15-7-6-12(2)13(3)10-15/h5-10,14H,1-4H3,(H,20,23)(H,21,22). The van der Waals surface area contributed by atoms with Gasteiger partial charge in [-0.15, -0.1) is 0 Å². The van der Waals surface area contributed by atoms with Crippen molar-refractivity contribution in [3.63, 3.8) is 0 Å². The second-order valence-electron chi connectivity index (χ2n) is 6.14. The number of imidazole rings is 1. The van der Waals surface area contributed by atoms with E-state index >= 15 is 0 Å². The van der Waals surface area contributed by atoms with Crippen molar-refractivity contribution in [1.82, 2.24) is 15.3 Å². The minimum atomic E-state index is -0.184. The summed E-state index contributed by atoms with van der Waals surface area (Å²) in [5.41, 5.74) is 6.06. The average Bonchev–Trinajstić information content (AvgIpc) is 2.93. The van der Waals surface area contributed by atoms with Gasteiger partial charge in [-0.1, -0.05) is 12.1 Å². The zero-order valence-electron chi connectivity index (χ0n) is 13.9. The lowest BCUT2D eigenvalue weighted by Crippen LogP contribution is -2.27. The van der Waals surface area contributed by atoms with Crippen LogP contribution in [-0.2, 0) is 0 Å². The summed E-state index contributed by atoms with van der Waals surface area (Å²) in [6.07, 6.45) is 0. The highest BCUT2D eigenvalue weighted by Crippen LogP contribution is 2.18. The molecule has 118 valence electrons. The molecular weight excluding hydrogens is 286 g/mol. The van der Waals surface area contributed by atoms with Crippen LogP contribution in [0.4, 0.5) is 0 Å².